The summed E-state index contributed by atoms with van der Waals surface area (Å²) in [6.45, 7) is 0. The van der Waals surface area contributed by atoms with E-state index in [2.05, 4.69) is 11.5 Å². The second-order valence-corrected chi connectivity index (χ2v) is 8.09. The molecule has 0 aliphatic rings. The van der Waals surface area contributed by atoms with Crippen LogP contribution in [0.4, 0.5) is 0 Å². The Balaban J connectivity index is 0.000000280. The van der Waals surface area contributed by atoms with Gasteiger partial charge in [0.1, 0.15) is 12.1 Å². The van der Waals surface area contributed by atoms with Gasteiger partial charge < -0.3 is 31.3 Å². The minimum Gasteiger partial charge on any atom is -0.544 e. The topological polar surface area (TPSA) is 136 Å². The summed E-state index contributed by atoms with van der Waals surface area (Å²) in [6, 6.07) is 18.6. The highest BCUT2D eigenvalue weighted by Gasteiger charge is 2.07. The molecule has 2 aromatic rings. The van der Waals surface area contributed by atoms with Crippen molar-refractivity contribution in [1.29, 1.82) is 0 Å². The molecule has 0 saturated heterocycles. The van der Waals surface area contributed by atoms with Crippen molar-refractivity contribution in [1.82, 2.24) is 0 Å². The number of rotatable bonds is 10. The quantitative estimate of drug-likeness (QED) is 0.481. The molecule has 28 heavy (non-hydrogen) atoms. The maximum atomic E-state index is 10.4. The van der Waals surface area contributed by atoms with Crippen LogP contribution in [-0.2, 0) is 21.1 Å². The maximum absolute atomic E-state index is 10.4. The number of carboxylic acid groups (broad SMARTS) is 2. The van der Waals surface area contributed by atoms with E-state index in [1.807, 2.05) is 60.7 Å². The molecule has 152 valence electrons. The molecule has 0 aliphatic heterocycles. The summed E-state index contributed by atoms with van der Waals surface area (Å²) in [4.78, 5) is 20.7. The van der Waals surface area contributed by atoms with Crippen molar-refractivity contribution in [3.63, 3.8) is 0 Å². The molecule has 0 radical (unpaired) electrons. The number of quaternary nitrogens is 2. The van der Waals surface area contributed by atoms with Crippen LogP contribution in [0.25, 0.3) is 0 Å². The largest absolute Gasteiger partial charge is 0.544 e. The maximum Gasteiger partial charge on any atom is 0.134 e. The SMILES string of the molecule is [NH3+][C@@H](CSCc1ccccc1)C(=O)[O-].[NH3+][C@@H](CSCc1ccccc1)C(=O)[O-]. The summed E-state index contributed by atoms with van der Waals surface area (Å²) in [5.41, 5.74) is 9.37. The van der Waals surface area contributed by atoms with Crippen LogP contribution in [-0.4, -0.2) is 35.5 Å². The van der Waals surface area contributed by atoms with E-state index in [1.165, 1.54) is 11.1 Å². The summed E-state index contributed by atoms with van der Waals surface area (Å²) in [7, 11) is 0. The van der Waals surface area contributed by atoms with Gasteiger partial charge >= 0.3 is 0 Å². The van der Waals surface area contributed by atoms with Gasteiger partial charge in [-0.05, 0) is 11.1 Å². The average molecular weight is 423 g/mol. The van der Waals surface area contributed by atoms with Gasteiger partial charge in [0.15, 0.2) is 0 Å². The molecule has 6 N–H and O–H groups in total. The van der Waals surface area contributed by atoms with E-state index in [9.17, 15) is 19.8 Å². The van der Waals surface area contributed by atoms with E-state index in [-0.39, 0.29) is 0 Å². The molecule has 0 fully saturated rings. The predicted octanol–water partition coefficient (Wildman–Crippen LogP) is -1.44. The number of carbonyl (C=O) groups is 2. The van der Waals surface area contributed by atoms with Crippen molar-refractivity contribution in [3.05, 3.63) is 71.8 Å². The molecule has 6 nitrogen and oxygen atoms in total. The molecule has 0 heterocycles. The molecule has 2 aromatic carbocycles. The Morgan fingerprint density at radius 1 is 0.714 bits per heavy atom. The number of carboxylic acids is 2. The van der Waals surface area contributed by atoms with Gasteiger partial charge in [0.2, 0.25) is 0 Å². The number of hydrogen-bond donors (Lipinski definition) is 2. The van der Waals surface area contributed by atoms with E-state index < -0.39 is 24.0 Å². The Bertz CT molecular complexity index is 640. The minimum atomic E-state index is -1.08. The average Bonchev–Trinajstić information content (AvgIpc) is 2.70. The van der Waals surface area contributed by atoms with Gasteiger partial charge in [0.25, 0.3) is 0 Å². The van der Waals surface area contributed by atoms with Crippen molar-refractivity contribution in [3.8, 4) is 0 Å². The van der Waals surface area contributed by atoms with Crippen molar-refractivity contribution < 1.29 is 31.3 Å². The van der Waals surface area contributed by atoms with Crippen molar-refractivity contribution >= 4 is 35.5 Å². The lowest BCUT2D eigenvalue weighted by molar-refractivity contribution is -0.431. The van der Waals surface area contributed by atoms with E-state index in [4.69, 9.17) is 0 Å². The van der Waals surface area contributed by atoms with Gasteiger partial charge in [-0.1, -0.05) is 60.7 Å². The van der Waals surface area contributed by atoms with Crippen LogP contribution in [0.15, 0.2) is 60.7 Å². The summed E-state index contributed by atoms with van der Waals surface area (Å²) in [6.07, 6.45) is 0. The molecule has 2 atom stereocenters. The lowest BCUT2D eigenvalue weighted by Crippen LogP contribution is -2.69. The van der Waals surface area contributed by atoms with Crippen LogP contribution in [0.1, 0.15) is 11.1 Å². The summed E-state index contributed by atoms with van der Waals surface area (Å²) < 4.78 is 0. The number of carbonyl (C=O) groups excluding carboxylic acids is 2. The third kappa shape index (κ3) is 11.0. The standard InChI is InChI=1S/2C10H13NO2S/c2*11-9(10(12)13)7-14-6-8-4-2-1-3-5-8/h2*1-5,9H,6-7,11H2,(H,12,13)/t2*9-/m00/s1. The highest BCUT2D eigenvalue weighted by molar-refractivity contribution is 7.98. The van der Waals surface area contributed by atoms with Gasteiger partial charge in [0, 0.05) is 11.5 Å². The third-order valence-corrected chi connectivity index (χ3v) is 5.88. The normalized spacial score (nSPS) is 12.4. The van der Waals surface area contributed by atoms with Crippen LogP contribution in [0.3, 0.4) is 0 Å². The van der Waals surface area contributed by atoms with Crippen molar-refractivity contribution in [2.75, 3.05) is 11.5 Å². The van der Waals surface area contributed by atoms with Gasteiger partial charge in [-0.2, -0.15) is 23.5 Å². The van der Waals surface area contributed by atoms with Crippen LogP contribution in [0, 0.1) is 0 Å². The van der Waals surface area contributed by atoms with Crippen LogP contribution in [0.5, 0.6) is 0 Å². The van der Waals surface area contributed by atoms with Crippen LogP contribution < -0.4 is 21.7 Å². The fourth-order valence-electron chi connectivity index (χ4n) is 1.92. The predicted molar refractivity (Wildman–Crippen MR) is 109 cm³/mol. The lowest BCUT2D eigenvalue weighted by Gasteiger charge is -2.08. The summed E-state index contributed by atoms with van der Waals surface area (Å²) in [5, 5.41) is 20.7. The molecule has 0 bridgehead atoms. The van der Waals surface area contributed by atoms with E-state index >= 15 is 0 Å². The first-order valence-electron chi connectivity index (χ1n) is 8.71. The summed E-state index contributed by atoms with van der Waals surface area (Å²) in [5.74, 6) is 0.477. The number of benzene rings is 2. The molecule has 0 saturated carbocycles. The van der Waals surface area contributed by atoms with E-state index in [0.29, 0.717) is 11.5 Å². The Labute approximate surface area is 173 Å². The Kier molecular flexibility index (Phi) is 12.1. The molecule has 8 heteroatoms. The zero-order chi connectivity index (χ0) is 20.8. The zero-order valence-corrected chi connectivity index (χ0v) is 17.3. The fraction of sp³-hybridized carbons (Fsp3) is 0.300. The molecule has 0 amide bonds. The van der Waals surface area contributed by atoms with Crippen LogP contribution in [0.2, 0.25) is 0 Å². The monoisotopic (exact) mass is 422 g/mol. The van der Waals surface area contributed by atoms with Crippen LogP contribution >= 0.6 is 23.5 Å². The lowest BCUT2D eigenvalue weighted by atomic mass is 10.2. The van der Waals surface area contributed by atoms with Crippen molar-refractivity contribution in [2.24, 2.45) is 0 Å². The first-order chi connectivity index (χ1) is 13.4. The van der Waals surface area contributed by atoms with Gasteiger partial charge in [-0.25, -0.2) is 0 Å². The first-order valence-corrected chi connectivity index (χ1v) is 11.0. The Morgan fingerprint density at radius 3 is 1.32 bits per heavy atom. The third-order valence-electron chi connectivity index (χ3n) is 3.53. The van der Waals surface area contributed by atoms with Gasteiger partial charge in [0.05, 0.1) is 23.4 Å². The first kappa shape index (κ1) is 24.0. The van der Waals surface area contributed by atoms with E-state index in [0.717, 1.165) is 11.5 Å². The van der Waals surface area contributed by atoms with Gasteiger partial charge in [-0.3, -0.25) is 0 Å². The number of aliphatic carboxylic acids is 2. The highest BCUT2D eigenvalue weighted by Crippen LogP contribution is 2.12. The molecular formula is C20H26N2O4S2. The van der Waals surface area contributed by atoms with Crippen molar-refractivity contribution in [2.45, 2.75) is 23.6 Å². The Morgan fingerprint density at radius 2 is 1.04 bits per heavy atom. The molecule has 2 rings (SSSR count). The van der Waals surface area contributed by atoms with Gasteiger partial charge in [-0.15, -0.1) is 0 Å². The number of hydrogen-bond acceptors (Lipinski definition) is 6. The minimum absolute atomic E-state index is 0.497. The summed E-state index contributed by atoms with van der Waals surface area (Å²) >= 11 is 3.12. The van der Waals surface area contributed by atoms with E-state index in [1.54, 1.807) is 23.5 Å². The zero-order valence-electron chi connectivity index (χ0n) is 15.6. The second-order valence-electron chi connectivity index (χ2n) is 6.03. The fourth-order valence-corrected chi connectivity index (χ4v) is 3.86. The Hall–Kier alpha value is -2.00. The molecule has 0 aliphatic carbocycles. The second kappa shape index (κ2) is 14.1. The molecule has 0 unspecified atom stereocenters. The highest BCUT2D eigenvalue weighted by atomic mass is 32.2. The smallest absolute Gasteiger partial charge is 0.134 e. The molecule has 0 aromatic heterocycles. The molecular weight excluding hydrogens is 396 g/mol. The number of thioether (sulfide) groups is 2. The molecule has 0 spiro atoms.